The molecule has 0 saturated heterocycles. The summed E-state index contributed by atoms with van der Waals surface area (Å²) >= 11 is 0. The molecule has 2 atom stereocenters. The lowest BCUT2D eigenvalue weighted by Gasteiger charge is -2.27. The minimum atomic E-state index is -2.52. The topological polar surface area (TPSA) is 87.7 Å². The first-order valence-electron chi connectivity index (χ1n) is 10.8. The maximum absolute atomic E-state index is 13.9. The monoisotopic (exact) mass is 501 g/mol. The standard InChI is InChI=1S/C25H25F2N3O4S/c1-3-30(18-12-14-19(34-2)15-13-18)24(31)22(16-17-8-5-4-6-9-17)28-25(32)29-35(33)23-20(26)10-7-11-21(23)27/h4-15,22H,3,16H2,1-2H3,(H2,28,29,32). The number of hydrogen-bond acceptors (Lipinski definition) is 4. The van der Waals surface area contributed by atoms with Gasteiger partial charge in [0, 0.05) is 18.7 Å². The van der Waals surface area contributed by atoms with E-state index < -0.39 is 45.5 Å². The average molecular weight is 502 g/mol. The minimum Gasteiger partial charge on any atom is -0.497 e. The summed E-state index contributed by atoms with van der Waals surface area (Å²) in [5.41, 5.74) is 1.37. The van der Waals surface area contributed by atoms with Crippen LogP contribution >= 0.6 is 0 Å². The third-order valence-electron chi connectivity index (χ3n) is 5.14. The summed E-state index contributed by atoms with van der Waals surface area (Å²) in [7, 11) is -0.981. The third-order valence-corrected chi connectivity index (χ3v) is 6.27. The number of rotatable bonds is 9. The molecule has 7 nitrogen and oxygen atoms in total. The van der Waals surface area contributed by atoms with E-state index in [9.17, 15) is 22.6 Å². The van der Waals surface area contributed by atoms with Crippen LogP contribution in [0.25, 0.3) is 0 Å². The second-order valence-electron chi connectivity index (χ2n) is 7.42. The molecule has 0 fully saturated rings. The maximum atomic E-state index is 13.9. The number of nitrogens with zero attached hydrogens (tertiary/aromatic N) is 1. The second kappa shape index (κ2) is 12.1. The number of halogens is 2. The summed E-state index contributed by atoms with van der Waals surface area (Å²) in [6, 6.07) is 16.8. The van der Waals surface area contributed by atoms with E-state index in [0.29, 0.717) is 18.0 Å². The van der Waals surface area contributed by atoms with Gasteiger partial charge in [0.25, 0.3) is 0 Å². The van der Waals surface area contributed by atoms with E-state index in [1.54, 1.807) is 55.5 Å². The molecule has 0 radical (unpaired) electrons. The van der Waals surface area contributed by atoms with Crippen molar-refractivity contribution in [1.82, 2.24) is 10.0 Å². The Morgan fingerprint density at radius 1 is 0.971 bits per heavy atom. The fourth-order valence-corrected chi connectivity index (χ4v) is 4.27. The first-order valence-corrected chi connectivity index (χ1v) is 11.9. The first-order chi connectivity index (χ1) is 16.8. The molecule has 0 aromatic heterocycles. The molecule has 10 heteroatoms. The van der Waals surface area contributed by atoms with Crippen LogP contribution in [0.5, 0.6) is 5.75 Å². The fourth-order valence-electron chi connectivity index (χ4n) is 3.45. The van der Waals surface area contributed by atoms with Gasteiger partial charge in [-0.3, -0.25) is 9.52 Å². The van der Waals surface area contributed by atoms with Crippen molar-refractivity contribution >= 4 is 28.6 Å². The number of carbonyl (C=O) groups is 2. The second-order valence-corrected chi connectivity index (χ2v) is 8.57. The summed E-state index contributed by atoms with van der Waals surface area (Å²) in [5.74, 6) is -1.91. The Kier molecular flexibility index (Phi) is 8.91. The Morgan fingerprint density at radius 3 is 2.17 bits per heavy atom. The molecule has 184 valence electrons. The molecule has 0 saturated carbocycles. The molecule has 2 N–H and O–H groups in total. The van der Waals surface area contributed by atoms with Crippen LogP contribution in [-0.2, 0) is 22.2 Å². The van der Waals surface area contributed by atoms with Crippen LogP contribution in [0.3, 0.4) is 0 Å². The summed E-state index contributed by atoms with van der Waals surface area (Å²) in [6.07, 6.45) is 0.139. The number of likely N-dealkylation sites (N-methyl/N-ethyl adjacent to an activating group) is 1. The zero-order valence-corrected chi connectivity index (χ0v) is 20.0. The van der Waals surface area contributed by atoms with Crippen LogP contribution in [-0.4, -0.2) is 35.8 Å². The van der Waals surface area contributed by atoms with E-state index in [4.69, 9.17) is 4.74 Å². The highest BCUT2D eigenvalue weighted by Crippen LogP contribution is 2.21. The Morgan fingerprint density at radius 2 is 1.60 bits per heavy atom. The van der Waals surface area contributed by atoms with E-state index in [-0.39, 0.29) is 6.42 Å². The number of hydrogen-bond donors (Lipinski definition) is 2. The molecular formula is C25H25F2N3O4S. The predicted molar refractivity (Wildman–Crippen MR) is 129 cm³/mol. The van der Waals surface area contributed by atoms with E-state index in [1.807, 2.05) is 10.8 Å². The van der Waals surface area contributed by atoms with Crippen molar-refractivity contribution < 1.29 is 27.3 Å². The Labute approximate surface area is 204 Å². The number of carbonyl (C=O) groups excluding carboxylic acids is 2. The summed E-state index contributed by atoms with van der Waals surface area (Å²) in [5, 5.41) is 2.51. The van der Waals surface area contributed by atoms with Crippen molar-refractivity contribution in [2.24, 2.45) is 0 Å². The van der Waals surface area contributed by atoms with Crippen LogP contribution in [0.2, 0.25) is 0 Å². The van der Waals surface area contributed by atoms with Crippen LogP contribution in [0.15, 0.2) is 77.7 Å². The maximum Gasteiger partial charge on any atom is 0.327 e. The van der Waals surface area contributed by atoms with Crippen molar-refractivity contribution in [3.63, 3.8) is 0 Å². The Hall–Kier alpha value is -3.79. The molecule has 2 unspecified atom stereocenters. The molecular weight excluding hydrogens is 476 g/mol. The Bertz CT molecular complexity index is 1170. The summed E-state index contributed by atoms with van der Waals surface area (Å²) in [4.78, 5) is 26.8. The molecule has 0 bridgehead atoms. The SMILES string of the molecule is CCN(C(=O)C(Cc1ccccc1)NC(=O)NS(=O)c1c(F)cccc1F)c1ccc(OC)cc1. The molecule has 0 aliphatic rings. The quantitative estimate of drug-likeness (QED) is 0.465. The molecule has 0 spiro atoms. The van der Waals surface area contributed by atoms with Crippen LogP contribution in [0.4, 0.5) is 19.3 Å². The predicted octanol–water partition coefficient (Wildman–Crippen LogP) is 3.96. The largest absolute Gasteiger partial charge is 0.497 e. The van der Waals surface area contributed by atoms with Crippen molar-refractivity contribution in [3.05, 3.63) is 90.0 Å². The molecule has 3 rings (SSSR count). The van der Waals surface area contributed by atoms with E-state index in [2.05, 4.69) is 5.32 Å². The molecule has 3 amide bonds. The van der Waals surface area contributed by atoms with Gasteiger partial charge in [-0.15, -0.1) is 0 Å². The van der Waals surface area contributed by atoms with E-state index in [1.165, 1.54) is 12.0 Å². The number of amides is 3. The van der Waals surface area contributed by atoms with Crippen LogP contribution < -0.4 is 19.7 Å². The number of benzene rings is 3. The molecule has 0 aliphatic carbocycles. The molecule has 35 heavy (non-hydrogen) atoms. The van der Waals surface area contributed by atoms with E-state index >= 15 is 0 Å². The number of urea groups is 1. The summed E-state index contributed by atoms with van der Waals surface area (Å²) in [6.45, 7) is 2.10. The van der Waals surface area contributed by atoms with Crippen molar-refractivity contribution in [2.75, 3.05) is 18.6 Å². The molecule has 3 aromatic rings. The smallest absolute Gasteiger partial charge is 0.327 e. The summed E-state index contributed by atoms with van der Waals surface area (Å²) < 4.78 is 47.5. The number of methoxy groups -OCH3 is 1. The lowest BCUT2D eigenvalue weighted by Crippen LogP contribution is -2.52. The average Bonchev–Trinajstić information content (AvgIpc) is 2.85. The Balaban J connectivity index is 1.82. The molecule has 0 aliphatic heterocycles. The van der Waals surface area contributed by atoms with Crippen molar-refractivity contribution in [1.29, 1.82) is 0 Å². The van der Waals surface area contributed by atoms with Crippen LogP contribution in [0.1, 0.15) is 12.5 Å². The van der Waals surface area contributed by atoms with Crippen molar-refractivity contribution in [2.45, 2.75) is 24.3 Å². The highest BCUT2D eigenvalue weighted by Gasteiger charge is 2.28. The van der Waals surface area contributed by atoms with Gasteiger partial charge in [-0.1, -0.05) is 36.4 Å². The zero-order valence-electron chi connectivity index (χ0n) is 19.2. The van der Waals surface area contributed by atoms with Gasteiger partial charge in [0.05, 0.1) is 7.11 Å². The highest BCUT2D eigenvalue weighted by molar-refractivity contribution is 7.83. The van der Waals surface area contributed by atoms with Gasteiger partial charge >= 0.3 is 6.03 Å². The van der Waals surface area contributed by atoms with E-state index in [0.717, 1.165) is 23.8 Å². The lowest BCUT2D eigenvalue weighted by atomic mass is 10.0. The normalized spacial score (nSPS) is 12.3. The van der Waals surface area contributed by atoms with Gasteiger partial charge in [0.2, 0.25) is 5.91 Å². The number of ether oxygens (including phenoxy) is 1. The van der Waals surface area contributed by atoms with Gasteiger partial charge in [-0.25, -0.2) is 17.8 Å². The van der Waals surface area contributed by atoms with Gasteiger partial charge in [-0.2, -0.15) is 0 Å². The highest BCUT2D eigenvalue weighted by atomic mass is 32.2. The third kappa shape index (κ3) is 6.63. The first kappa shape index (κ1) is 25.8. The molecule has 3 aromatic carbocycles. The fraction of sp³-hybridized carbons (Fsp3) is 0.200. The zero-order chi connectivity index (χ0) is 25.4. The number of nitrogens with one attached hydrogen (secondary N) is 2. The minimum absolute atomic E-state index is 0.139. The van der Waals surface area contributed by atoms with Crippen molar-refractivity contribution in [3.8, 4) is 5.75 Å². The van der Waals surface area contributed by atoms with Gasteiger partial charge in [0.15, 0.2) is 11.0 Å². The van der Waals surface area contributed by atoms with Crippen LogP contribution in [0, 0.1) is 11.6 Å². The van der Waals surface area contributed by atoms with Gasteiger partial charge in [-0.05, 0) is 48.9 Å². The van der Waals surface area contributed by atoms with Gasteiger partial charge in [0.1, 0.15) is 28.3 Å². The lowest BCUT2D eigenvalue weighted by molar-refractivity contribution is -0.120. The number of anilines is 1. The van der Waals surface area contributed by atoms with Gasteiger partial charge < -0.3 is 15.0 Å². The molecule has 0 heterocycles.